The average molecular weight is 532 g/mol. The van der Waals surface area contributed by atoms with Crippen LogP contribution in [0.25, 0.3) is 6.08 Å². The Hall–Kier alpha value is -4.21. The lowest BCUT2D eigenvalue weighted by atomic mass is 9.48. The number of hydrogen-bond donors (Lipinski definition) is 2. The number of ether oxygens (including phenoxy) is 1. The smallest absolute Gasteiger partial charge is 0.335 e. The zero-order valence-electron chi connectivity index (χ0n) is 21.5. The van der Waals surface area contributed by atoms with Gasteiger partial charge >= 0.3 is 11.7 Å². The summed E-state index contributed by atoms with van der Waals surface area (Å²) in [7, 11) is 0. The van der Waals surface area contributed by atoms with Gasteiger partial charge in [-0.25, -0.2) is 9.69 Å². The number of rotatable bonds is 6. The van der Waals surface area contributed by atoms with Crippen LogP contribution in [0.1, 0.15) is 56.6 Å². The van der Waals surface area contributed by atoms with E-state index in [1.54, 1.807) is 19.1 Å². The molecule has 39 heavy (non-hydrogen) atoms. The number of urea groups is 1. The first kappa shape index (κ1) is 25.1. The van der Waals surface area contributed by atoms with E-state index in [9.17, 15) is 29.6 Å². The van der Waals surface area contributed by atoms with E-state index in [0.29, 0.717) is 5.69 Å². The second-order valence-electron chi connectivity index (χ2n) is 11.3. The first-order chi connectivity index (χ1) is 18.7. The van der Waals surface area contributed by atoms with Crippen LogP contribution in [-0.2, 0) is 15.0 Å². The summed E-state index contributed by atoms with van der Waals surface area (Å²) in [4.78, 5) is 50.4. The van der Waals surface area contributed by atoms with Crippen molar-refractivity contribution in [3.8, 4) is 11.5 Å². The summed E-state index contributed by atoms with van der Waals surface area (Å²) in [5.41, 5.74) is 0.812. The summed E-state index contributed by atoms with van der Waals surface area (Å²) in [5.74, 6) is -0.232. The molecule has 2 aromatic carbocycles. The summed E-state index contributed by atoms with van der Waals surface area (Å²) >= 11 is 0. The fourth-order valence-electron chi connectivity index (χ4n) is 7.59. The van der Waals surface area contributed by atoms with Gasteiger partial charge in [0, 0.05) is 6.07 Å². The number of phenolic OH excluding ortho intramolecular Hbond substituents is 1. The van der Waals surface area contributed by atoms with Crippen LogP contribution in [0.3, 0.4) is 0 Å². The molecule has 4 aliphatic carbocycles. The van der Waals surface area contributed by atoms with Crippen molar-refractivity contribution in [3.63, 3.8) is 0 Å². The van der Waals surface area contributed by atoms with Gasteiger partial charge in [-0.05, 0) is 104 Å². The number of barbiturate groups is 1. The van der Waals surface area contributed by atoms with E-state index in [1.165, 1.54) is 50.2 Å². The first-order valence-corrected chi connectivity index (χ1v) is 13.3. The minimum atomic E-state index is -0.917. The molecule has 7 rings (SSSR count). The second kappa shape index (κ2) is 9.21. The molecule has 4 bridgehead atoms. The average Bonchev–Trinajstić information content (AvgIpc) is 2.87. The van der Waals surface area contributed by atoms with Crippen molar-refractivity contribution in [3.05, 3.63) is 63.2 Å². The number of anilines is 1. The number of phenols is 1. The van der Waals surface area contributed by atoms with Gasteiger partial charge in [0.25, 0.3) is 11.8 Å². The fourth-order valence-corrected chi connectivity index (χ4v) is 7.59. The monoisotopic (exact) mass is 531 g/mol. The highest BCUT2D eigenvalue weighted by atomic mass is 16.6. The number of nitro benzene ring substituents is 1. The zero-order valence-corrected chi connectivity index (χ0v) is 21.5. The standard InChI is InChI=1S/C29H29N3O7/c1-2-39-24-12-16(11-23(25(24)33)32(37)38)10-22-26(34)30-28(36)31(27(22)35)21-5-3-20(4-6-21)29-13-17-7-18(14-29)9-19(8-17)15-29/h3-6,10-12,17-19,33H,2,7-9,13-15H2,1H3,(H,30,34,36)/b22-10+. The van der Waals surface area contributed by atoms with Gasteiger partial charge in [0.05, 0.1) is 17.2 Å². The van der Waals surface area contributed by atoms with Gasteiger partial charge in [-0.3, -0.25) is 25.0 Å². The normalized spacial score (nSPS) is 28.6. The molecule has 1 saturated heterocycles. The van der Waals surface area contributed by atoms with Crippen molar-refractivity contribution >= 4 is 35.3 Å². The molecule has 0 radical (unpaired) electrons. The Labute approximate surface area is 224 Å². The number of hydrogen-bond acceptors (Lipinski definition) is 7. The van der Waals surface area contributed by atoms with E-state index >= 15 is 0 Å². The first-order valence-electron chi connectivity index (χ1n) is 13.3. The Morgan fingerprint density at radius 3 is 2.26 bits per heavy atom. The number of nitrogens with one attached hydrogen (secondary N) is 1. The van der Waals surface area contributed by atoms with E-state index < -0.39 is 34.2 Å². The van der Waals surface area contributed by atoms with Crippen LogP contribution in [0.2, 0.25) is 0 Å². The molecule has 5 fully saturated rings. The Morgan fingerprint density at radius 2 is 1.69 bits per heavy atom. The van der Waals surface area contributed by atoms with Gasteiger partial charge in [0.2, 0.25) is 5.75 Å². The van der Waals surface area contributed by atoms with Crippen molar-refractivity contribution in [2.75, 3.05) is 11.5 Å². The van der Waals surface area contributed by atoms with Crippen molar-refractivity contribution in [2.45, 2.75) is 50.9 Å². The molecule has 5 aliphatic rings. The van der Waals surface area contributed by atoms with Gasteiger partial charge in [-0.1, -0.05) is 12.1 Å². The number of imide groups is 2. The Kier molecular flexibility index (Phi) is 5.93. The quantitative estimate of drug-likeness (QED) is 0.235. The second-order valence-corrected chi connectivity index (χ2v) is 11.3. The van der Waals surface area contributed by atoms with Crippen LogP contribution in [0.15, 0.2) is 42.0 Å². The number of nitro groups is 1. The van der Waals surface area contributed by atoms with Gasteiger partial charge in [0.15, 0.2) is 5.75 Å². The van der Waals surface area contributed by atoms with Crippen LogP contribution in [0.4, 0.5) is 16.2 Å². The molecule has 0 unspecified atom stereocenters. The number of aromatic hydroxyl groups is 1. The maximum Gasteiger partial charge on any atom is 0.335 e. The third-order valence-electron chi connectivity index (χ3n) is 8.76. The molecule has 10 heteroatoms. The molecule has 0 atom stereocenters. The van der Waals surface area contributed by atoms with Crippen LogP contribution in [0.5, 0.6) is 11.5 Å². The number of amides is 4. The highest BCUT2D eigenvalue weighted by molar-refractivity contribution is 6.39. The minimum absolute atomic E-state index is 0.0907. The third-order valence-corrected chi connectivity index (χ3v) is 8.76. The Bertz CT molecular complexity index is 1390. The molecule has 202 valence electrons. The van der Waals surface area contributed by atoms with Crippen molar-refractivity contribution in [2.24, 2.45) is 17.8 Å². The van der Waals surface area contributed by atoms with E-state index in [2.05, 4.69) is 5.32 Å². The van der Waals surface area contributed by atoms with E-state index in [0.717, 1.165) is 34.8 Å². The van der Waals surface area contributed by atoms with Crippen molar-refractivity contribution in [1.82, 2.24) is 5.32 Å². The SMILES string of the molecule is CCOc1cc(/C=C2\C(=O)NC(=O)N(c3ccc(C45CC6CC(CC(C6)C4)C5)cc3)C2=O)cc([N+](=O)[O-])c1O. The molecule has 0 spiro atoms. The molecule has 4 amide bonds. The van der Waals surface area contributed by atoms with Gasteiger partial charge in [-0.2, -0.15) is 0 Å². The summed E-state index contributed by atoms with van der Waals surface area (Å²) in [6.07, 6.45) is 8.70. The van der Waals surface area contributed by atoms with Crippen LogP contribution < -0.4 is 15.0 Å². The lowest BCUT2D eigenvalue weighted by Crippen LogP contribution is -2.54. The van der Waals surface area contributed by atoms with Crippen LogP contribution in [-0.4, -0.2) is 34.5 Å². The summed E-state index contributed by atoms with van der Waals surface area (Å²) in [6, 6.07) is 8.96. The largest absolute Gasteiger partial charge is 0.500 e. The molecule has 1 aliphatic heterocycles. The zero-order chi connectivity index (χ0) is 27.5. The van der Waals surface area contributed by atoms with Gasteiger partial charge < -0.3 is 9.84 Å². The van der Waals surface area contributed by atoms with Crippen LogP contribution >= 0.6 is 0 Å². The van der Waals surface area contributed by atoms with Gasteiger partial charge in [-0.15, -0.1) is 0 Å². The molecule has 2 aromatic rings. The fraction of sp³-hybridized carbons (Fsp3) is 0.414. The molecular formula is C29H29N3O7. The molecule has 2 N–H and O–H groups in total. The topological polar surface area (TPSA) is 139 Å². The highest BCUT2D eigenvalue weighted by Gasteiger charge is 2.51. The minimum Gasteiger partial charge on any atom is -0.500 e. The molecule has 1 heterocycles. The number of carbonyl (C=O) groups is 3. The predicted octanol–water partition coefficient (Wildman–Crippen LogP) is 4.83. The van der Waals surface area contributed by atoms with E-state index in [1.807, 2.05) is 12.1 Å². The molecule has 4 saturated carbocycles. The number of nitrogens with zero attached hydrogens (tertiary/aromatic N) is 2. The molecule has 10 nitrogen and oxygen atoms in total. The summed E-state index contributed by atoms with van der Waals surface area (Å²) in [5, 5.41) is 23.8. The third kappa shape index (κ3) is 4.24. The van der Waals surface area contributed by atoms with Crippen LogP contribution in [0, 0.1) is 27.9 Å². The van der Waals surface area contributed by atoms with Gasteiger partial charge in [0.1, 0.15) is 5.57 Å². The predicted molar refractivity (Wildman–Crippen MR) is 141 cm³/mol. The van der Waals surface area contributed by atoms with E-state index in [4.69, 9.17) is 4.74 Å². The lowest BCUT2D eigenvalue weighted by Gasteiger charge is -2.57. The van der Waals surface area contributed by atoms with Crippen molar-refractivity contribution < 1.29 is 29.2 Å². The molecular weight excluding hydrogens is 502 g/mol. The molecule has 0 aromatic heterocycles. The Balaban J connectivity index is 1.31. The van der Waals surface area contributed by atoms with E-state index in [-0.39, 0.29) is 28.9 Å². The summed E-state index contributed by atoms with van der Waals surface area (Å²) in [6.45, 7) is 1.78. The Morgan fingerprint density at radius 1 is 1.08 bits per heavy atom. The lowest BCUT2D eigenvalue weighted by molar-refractivity contribution is -0.386. The maximum atomic E-state index is 13.4. The van der Waals surface area contributed by atoms with Crippen molar-refractivity contribution in [1.29, 1.82) is 0 Å². The number of benzene rings is 2. The summed E-state index contributed by atoms with van der Waals surface area (Å²) < 4.78 is 5.28. The number of carbonyl (C=O) groups excluding carboxylic acids is 3. The highest BCUT2D eigenvalue weighted by Crippen LogP contribution is 2.60. The maximum absolute atomic E-state index is 13.4.